The summed E-state index contributed by atoms with van der Waals surface area (Å²) in [5, 5.41) is 10.6. The predicted molar refractivity (Wildman–Crippen MR) is 372 cm³/mol. The second-order valence-electron chi connectivity index (χ2n) is 26.6. The molecule has 0 aliphatic heterocycles. The maximum absolute atomic E-state index is 13.1. The van der Waals surface area contributed by atoms with Gasteiger partial charge in [0.15, 0.2) is 12.2 Å². The molecule has 0 saturated carbocycles. The molecular formula is C73H142O17P2. The van der Waals surface area contributed by atoms with Crippen LogP contribution in [0.15, 0.2) is 0 Å². The van der Waals surface area contributed by atoms with E-state index in [0.717, 1.165) is 102 Å². The minimum atomic E-state index is -4.95. The summed E-state index contributed by atoms with van der Waals surface area (Å²) in [6.45, 7) is 7.24. The van der Waals surface area contributed by atoms with Gasteiger partial charge < -0.3 is 33.8 Å². The normalized spacial score (nSPS) is 14.3. The fourth-order valence-electron chi connectivity index (χ4n) is 11.1. The van der Waals surface area contributed by atoms with Crippen LogP contribution < -0.4 is 0 Å². The van der Waals surface area contributed by atoms with Crippen molar-refractivity contribution in [3.8, 4) is 0 Å². The number of hydrogen-bond acceptors (Lipinski definition) is 15. The lowest BCUT2D eigenvalue weighted by Gasteiger charge is -2.21. The first-order valence-corrected chi connectivity index (χ1v) is 41.2. The molecule has 6 atom stereocenters. The standard InChI is InChI=1S/C73H142O17P2/c1-6-10-13-16-19-22-25-28-30-33-36-39-42-49-54-59-72(77)89-68(62-83-70(75)56-51-46-40-37-34-32-29-26-23-20-17-14-11-7-2)64-87-91(79,80)85-60-67(74)61-86-92(81,82)88-65-69(63-84-71(76)57-52-47-44-43-45-50-55-66(5)9-4)90-73(78)58-53-48-41-38-35-31-27-24-21-18-15-12-8-3/h66-69,74H,6-65H2,1-5H3,(H,79,80)(H,81,82)/t66?,67-,68-,69-/m1/s1. The van der Waals surface area contributed by atoms with Crippen LogP contribution in [0.3, 0.4) is 0 Å². The second-order valence-corrected chi connectivity index (χ2v) is 29.5. The Morgan fingerprint density at radius 2 is 0.522 bits per heavy atom. The number of carbonyl (C=O) groups is 4. The summed E-state index contributed by atoms with van der Waals surface area (Å²) in [7, 11) is -9.90. The molecule has 0 aromatic rings. The fraction of sp³-hybridized carbons (Fsp3) is 0.945. The maximum Gasteiger partial charge on any atom is 0.472 e. The predicted octanol–water partition coefficient (Wildman–Crippen LogP) is 21.3. The van der Waals surface area contributed by atoms with Gasteiger partial charge in [-0.2, -0.15) is 0 Å². The summed E-state index contributed by atoms with van der Waals surface area (Å²) >= 11 is 0. The van der Waals surface area contributed by atoms with Crippen molar-refractivity contribution in [3.05, 3.63) is 0 Å². The van der Waals surface area contributed by atoms with E-state index >= 15 is 0 Å². The molecule has 0 aromatic heterocycles. The molecule has 19 heteroatoms. The van der Waals surface area contributed by atoms with Crippen molar-refractivity contribution in [2.75, 3.05) is 39.6 Å². The largest absolute Gasteiger partial charge is 0.472 e. The van der Waals surface area contributed by atoms with E-state index in [1.807, 2.05) is 0 Å². The molecule has 0 aromatic carbocycles. The molecule has 3 N–H and O–H groups in total. The third-order valence-corrected chi connectivity index (χ3v) is 19.3. The zero-order chi connectivity index (χ0) is 67.7. The van der Waals surface area contributed by atoms with Crippen molar-refractivity contribution >= 4 is 39.5 Å². The molecule has 546 valence electrons. The van der Waals surface area contributed by atoms with Crippen LogP contribution in [-0.4, -0.2) is 96.7 Å². The van der Waals surface area contributed by atoms with E-state index < -0.39 is 97.5 Å². The van der Waals surface area contributed by atoms with Crippen LogP contribution in [0.5, 0.6) is 0 Å². The highest BCUT2D eigenvalue weighted by Crippen LogP contribution is 2.45. The van der Waals surface area contributed by atoms with Crippen molar-refractivity contribution in [1.29, 1.82) is 0 Å². The van der Waals surface area contributed by atoms with E-state index in [1.54, 1.807) is 0 Å². The monoisotopic (exact) mass is 1350 g/mol. The van der Waals surface area contributed by atoms with Crippen LogP contribution in [0.4, 0.5) is 0 Å². The van der Waals surface area contributed by atoms with Gasteiger partial charge in [0, 0.05) is 25.7 Å². The Morgan fingerprint density at radius 3 is 0.772 bits per heavy atom. The number of rotatable bonds is 73. The Hall–Kier alpha value is -1.94. The molecule has 3 unspecified atom stereocenters. The van der Waals surface area contributed by atoms with Gasteiger partial charge in [-0.3, -0.25) is 37.3 Å². The van der Waals surface area contributed by atoms with Crippen LogP contribution in [-0.2, 0) is 65.4 Å². The summed E-state index contributed by atoms with van der Waals surface area (Å²) in [6, 6.07) is 0. The third-order valence-electron chi connectivity index (χ3n) is 17.4. The molecule has 0 heterocycles. The molecule has 17 nitrogen and oxygen atoms in total. The first kappa shape index (κ1) is 90.1. The molecule has 0 radical (unpaired) electrons. The zero-order valence-electron chi connectivity index (χ0n) is 59.7. The van der Waals surface area contributed by atoms with E-state index in [-0.39, 0.29) is 25.7 Å². The SMILES string of the molecule is CCCCCCCCCCCCCCCCCC(=O)O[C@H](COC(=O)CCCCCCCCCCCCCCCC)COP(=O)(O)OC[C@@H](O)COP(=O)(O)OC[C@@H](COC(=O)CCCCCCCCC(C)CC)OC(=O)CCCCCCCCCCCCCCC. The fourth-order valence-corrected chi connectivity index (χ4v) is 12.7. The minimum absolute atomic E-state index is 0.107. The molecule has 0 bridgehead atoms. The summed E-state index contributed by atoms with van der Waals surface area (Å²) in [6.07, 6.45) is 53.9. The van der Waals surface area contributed by atoms with Gasteiger partial charge in [-0.1, -0.05) is 330 Å². The van der Waals surface area contributed by atoms with Crippen LogP contribution >= 0.6 is 15.6 Å². The van der Waals surface area contributed by atoms with Crippen molar-refractivity contribution < 1.29 is 80.2 Å². The highest BCUT2D eigenvalue weighted by atomic mass is 31.2. The highest BCUT2D eigenvalue weighted by Gasteiger charge is 2.30. The van der Waals surface area contributed by atoms with Gasteiger partial charge in [0.25, 0.3) is 0 Å². The van der Waals surface area contributed by atoms with Gasteiger partial charge >= 0.3 is 39.5 Å². The number of aliphatic hydroxyl groups excluding tert-OH is 1. The Balaban J connectivity index is 5.25. The van der Waals surface area contributed by atoms with Crippen LogP contribution in [0.25, 0.3) is 0 Å². The lowest BCUT2D eigenvalue weighted by atomic mass is 10.00. The topological polar surface area (TPSA) is 237 Å². The molecule has 0 amide bonds. The van der Waals surface area contributed by atoms with E-state index in [2.05, 4.69) is 34.6 Å². The number of unbranched alkanes of at least 4 members (excludes halogenated alkanes) is 44. The average Bonchev–Trinajstić information content (AvgIpc) is 3.71. The quantitative estimate of drug-likeness (QED) is 0.0222. The summed E-state index contributed by atoms with van der Waals surface area (Å²) in [5.41, 5.74) is 0. The van der Waals surface area contributed by atoms with E-state index in [1.165, 1.54) is 199 Å². The Bertz CT molecular complexity index is 1770. The van der Waals surface area contributed by atoms with Gasteiger partial charge in [-0.25, -0.2) is 9.13 Å². The van der Waals surface area contributed by atoms with Crippen molar-refractivity contribution in [2.24, 2.45) is 5.92 Å². The van der Waals surface area contributed by atoms with E-state index in [4.69, 9.17) is 37.0 Å². The van der Waals surface area contributed by atoms with Crippen LogP contribution in [0, 0.1) is 5.92 Å². The molecular weight excluding hydrogens is 1210 g/mol. The number of aliphatic hydroxyl groups is 1. The number of ether oxygens (including phenoxy) is 4. The number of phosphoric acid groups is 2. The number of phosphoric ester groups is 2. The molecule has 0 fully saturated rings. The molecule has 0 saturated heterocycles. The van der Waals surface area contributed by atoms with Gasteiger partial charge in [-0.05, 0) is 31.6 Å². The summed E-state index contributed by atoms with van der Waals surface area (Å²) < 4.78 is 68.4. The number of esters is 4. The molecule has 0 aliphatic carbocycles. The second kappa shape index (κ2) is 66.3. The maximum atomic E-state index is 13.1. The highest BCUT2D eigenvalue weighted by molar-refractivity contribution is 7.47. The number of hydrogen-bond donors (Lipinski definition) is 3. The average molecular weight is 1350 g/mol. The van der Waals surface area contributed by atoms with Gasteiger partial charge in [0.2, 0.25) is 0 Å². The van der Waals surface area contributed by atoms with Gasteiger partial charge in [0.1, 0.15) is 19.3 Å². The summed E-state index contributed by atoms with van der Waals surface area (Å²) in [4.78, 5) is 72.7. The zero-order valence-corrected chi connectivity index (χ0v) is 61.5. The van der Waals surface area contributed by atoms with Crippen molar-refractivity contribution in [1.82, 2.24) is 0 Å². The van der Waals surface area contributed by atoms with E-state index in [9.17, 15) is 43.2 Å². The molecule has 0 rings (SSSR count). The Labute approximate surface area is 562 Å². The Kier molecular flexibility index (Phi) is 64.9. The van der Waals surface area contributed by atoms with Gasteiger partial charge in [0.05, 0.1) is 26.4 Å². The third kappa shape index (κ3) is 65.4. The smallest absolute Gasteiger partial charge is 0.462 e. The molecule has 92 heavy (non-hydrogen) atoms. The lowest BCUT2D eigenvalue weighted by molar-refractivity contribution is -0.161. The molecule has 0 aliphatic rings. The minimum Gasteiger partial charge on any atom is -0.462 e. The van der Waals surface area contributed by atoms with Crippen LogP contribution in [0.1, 0.15) is 381 Å². The first-order valence-electron chi connectivity index (χ1n) is 38.2. The van der Waals surface area contributed by atoms with Crippen molar-refractivity contribution in [2.45, 2.75) is 400 Å². The molecule has 0 spiro atoms. The van der Waals surface area contributed by atoms with E-state index in [0.29, 0.717) is 25.7 Å². The van der Waals surface area contributed by atoms with Crippen molar-refractivity contribution in [3.63, 3.8) is 0 Å². The van der Waals surface area contributed by atoms with Crippen LogP contribution in [0.2, 0.25) is 0 Å². The number of carbonyl (C=O) groups excluding carboxylic acids is 4. The summed E-state index contributed by atoms with van der Waals surface area (Å²) in [5.74, 6) is -1.38. The Morgan fingerprint density at radius 1 is 0.304 bits per heavy atom. The lowest BCUT2D eigenvalue weighted by Crippen LogP contribution is -2.30. The first-order chi connectivity index (χ1) is 44.6. The van der Waals surface area contributed by atoms with Gasteiger partial charge in [-0.15, -0.1) is 0 Å².